The van der Waals surface area contributed by atoms with Crippen molar-refractivity contribution in [1.82, 2.24) is 5.01 Å². The van der Waals surface area contributed by atoms with Crippen molar-refractivity contribution in [3.8, 4) is 0 Å². The number of carbonyl (C=O) groups is 1. The maximum Gasteiger partial charge on any atom is 0.424 e. The Bertz CT molecular complexity index is 225. The number of carbonyl (C=O) groups excluding carboxylic acids is 1. The third kappa shape index (κ3) is 5.01. The van der Waals surface area contributed by atoms with E-state index < -0.39 is 11.7 Å². The number of hydrazine groups is 1. The SMILES string of the molecule is CC(C)(C)OC(=O)N(N)C1CCOCC1.Cl. The molecule has 1 aliphatic rings. The molecule has 0 unspecified atom stereocenters. The number of nitrogens with two attached hydrogens (primary N) is 1. The van der Waals surface area contributed by atoms with Crippen molar-refractivity contribution in [3.63, 3.8) is 0 Å². The second-order valence-electron chi connectivity index (χ2n) is 4.73. The largest absolute Gasteiger partial charge is 0.443 e. The summed E-state index contributed by atoms with van der Waals surface area (Å²) in [6.45, 7) is 6.77. The predicted molar refractivity (Wildman–Crippen MR) is 63.3 cm³/mol. The number of hydrogen-bond donors (Lipinski definition) is 1. The summed E-state index contributed by atoms with van der Waals surface area (Å²) in [6.07, 6.45) is 1.08. The lowest BCUT2D eigenvalue weighted by atomic mass is 10.1. The van der Waals surface area contributed by atoms with Crippen molar-refractivity contribution in [3.05, 3.63) is 0 Å². The minimum Gasteiger partial charge on any atom is -0.443 e. The number of amides is 1. The second-order valence-corrected chi connectivity index (χ2v) is 4.73. The van der Waals surface area contributed by atoms with Crippen LogP contribution in [0.1, 0.15) is 33.6 Å². The molecular formula is C10H21ClN2O3. The van der Waals surface area contributed by atoms with Gasteiger partial charge in [0.25, 0.3) is 0 Å². The lowest BCUT2D eigenvalue weighted by Crippen LogP contribution is -2.49. The molecule has 6 heteroatoms. The lowest BCUT2D eigenvalue weighted by molar-refractivity contribution is -0.00599. The smallest absolute Gasteiger partial charge is 0.424 e. The molecule has 0 bridgehead atoms. The molecule has 0 aromatic carbocycles. The Morgan fingerprint density at radius 1 is 1.38 bits per heavy atom. The first-order chi connectivity index (χ1) is 6.90. The zero-order valence-electron chi connectivity index (χ0n) is 10.1. The van der Waals surface area contributed by atoms with E-state index in [1.807, 2.05) is 20.8 Å². The van der Waals surface area contributed by atoms with E-state index in [1.165, 1.54) is 5.01 Å². The first-order valence-corrected chi connectivity index (χ1v) is 5.25. The van der Waals surface area contributed by atoms with Gasteiger partial charge >= 0.3 is 6.09 Å². The van der Waals surface area contributed by atoms with Gasteiger partial charge in [-0.05, 0) is 33.6 Å². The van der Waals surface area contributed by atoms with Crippen LogP contribution in [0.2, 0.25) is 0 Å². The molecule has 5 nitrogen and oxygen atoms in total. The van der Waals surface area contributed by atoms with Crippen molar-refractivity contribution in [2.24, 2.45) is 5.84 Å². The Hall–Kier alpha value is -0.520. The van der Waals surface area contributed by atoms with Crippen LogP contribution in [0.25, 0.3) is 0 Å². The molecule has 16 heavy (non-hydrogen) atoms. The van der Waals surface area contributed by atoms with E-state index >= 15 is 0 Å². The molecule has 0 aliphatic carbocycles. The Labute approximate surface area is 103 Å². The van der Waals surface area contributed by atoms with Gasteiger partial charge in [0.05, 0.1) is 6.04 Å². The van der Waals surface area contributed by atoms with Crippen LogP contribution in [0.15, 0.2) is 0 Å². The van der Waals surface area contributed by atoms with Gasteiger partial charge < -0.3 is 9.47 Å². The van der Waals surface area contributed by atoms with Crippen LogP contribution in [-0.2, 0) is 9.47 Å². The molecule has 0 aromatic rings. The zero-order chi connectivity index (χ0) is 11.5. The highest BCUT2D eigenvalue weighted by molar-refractivity contribution is 5.85. The van der Waals surface area contributed by atoms with E-state index in [2.05, 4.69) is 0 Å². The first kappa shape index (κ1) is 15.5. The Morgan fingerprint density at radius 2 is 1.88 bits per heavy atom. The van der Waals surface area contributed by atoms with E-state index in [0.717, 1.165) is 12.8 Å². The fourth-order valence-electron chi connectivity index (χ4n) is 1.43. The van der Waals surface area contributed by atoms with E-state index in [-0.39, 0.29) is 18.4 Å². The molecule has 0 saturated carbocycles. The summed E-state index contributed by atoms with van der Waals surface area (Å²) >= 11 is 0. The lowest BCUT2D eigenvalue weighted by Gasteiger charge is -2.32. The van der Waals surface area contributed by atoms with Crippen LogP contribution in [0.5, 0.6) is 0 Å². The topological polar surface area (TPSA) is 64.8 Å². The molecule has 1 heterocycles. The average Bonchev–Trinajstić information content (AvgIpc) is 2.15. The summed E-state index contributed by atoms with van der Waals surface area (Å²) in [7, 11) is 0. The number of halogens is 1. The van der Waals surface area contributed by atoms with Gasteiger partial charge in [-0.2, -0.15) is 0 Å². The molecule has 1 fully saturated rings. The minimum absolute atomic E-state index is 0. The molecule has 1 saturated heterocycles. The fourth-order valence-corrected chi connectivity index (χ4v) is 1.43. The van der Waals surface area contributed by atoms with Gasteiger partial charge in [-0.15, -0.1) is 12.4 Å². The van der Waals surface area contributed by atoms with Gasteiger partial charge in [-0.3, -0.25) is 0 Å². The molecule has 0 atom stereocenters. The summed E-state index contributed by atoms with van der Waals surface area (Å²) in [6, 6.07) is 0.0357. The molecule has 0 aromatic heterocycles. The second kappa shape index (κ2) is 6.27. The molecule has 1 aliphatic heterocycles. The van der Waals surface area contributed by atoms with E-state index in [0.29, 0.717) is 13.2 Å². The van der Waals surface area contributed by atoms with Crippen LogP contribution < -0.4 is 5.84 Å². The van der Waals surface area contributed by atoms with Crippen molar-refractivity contribution in [1.29, 1.82) is 0 Å². The van der Waals surface area contributed by atoms with Gasteiger partial charge in [-0.1, -0.05) is 0 Å². The maximum atomic E-state index is 11.6. The van der Waals surface area contributed by atoms with Crippen molar-refractivity contribution >= 4 is 18.5 Å². The standard InChI is InChI=1S/C10H20N2O3.ClH/c1-10(2,3)15-9(13)12(11)8-4-6-14-7-5-8;/h8H,4-7,11H2,1-3H3;1H. The van der Waals surface area contributed by atoms with Gasteiger partial charge in [-0.25, -0.2) is 15.6 Å². The zero-order valence-corrected chi connectivity index (χ0v) is 10.9. The summed E-state index contributed by atoms with van der Waals surface area (Å²) in [4.78, 5) is 11.6. The predicted octanol–water partition coefficient (Wildman–Crippen LogP) is 1.70. The van der Waals surface area contributed by atoms with E-state index in [1.54, 1.807) is 0 Å². The molecule has 0 spiro atoms. The highest BCUT2D eigenvalue weighted by Gasteiger charge is 2.27. The third-order valence-electron chi connectivity index (χ3n) is 2.19. The molecular weight excluding hydrogens is 232 g/mol. The van der Waals surface area contributed by atoms with Crippen LogP contribution in [0, 0.1) is 0 Å². The monoisotopic (exact) mass is 252 g/mol. The molecule has 0 radical (unpaired) electrons. The van der Waals surface area contributed by atoms with Crippen LogP contribution in [0.3, 0.4) is 0 Å². The van der Waals surface area contributed by atoms with Crippen molar-refractivity contribution < 1.29 is 14.3 Å². The van der Waals surface area contributed by atoms with Gasteiger partial charge in [0.2, 0.25) is 0 Å². The summed E-state index contributed by atoms with van der Waals surface area (Å²) in [5.41, 5.74) is -0.500. The molecule has 2 N–H and O–H groups in total. The van der Waals surface area contributed by atoms with Gasteiger partial charge in [0.15, 0.2) is 0 Å². The van der Waals surface area contributed by atoms with Crippen molar-refractivity contribution in [2.45, 2.75) is 45.3 Å². The van der Waals surface area contributed by atoms with E-state index in [9.17, 15) is 4.79 Å². The van der Waals surface area contributed by atoms with Crippen LogP contribution in [-0.4, -0.2) is 36.0 Å². The molecule has 96 valence electrons. The molecule has 1 rings (SSSR count). The fraction of sp³-hybridized carbons (Fsp3) is 0.900. The number of nitrogens with zero attached hydrogens (tertiary/aromatic N) is 1. The number of rotatable bonds is 1. The van der Waals surface area contributed by atoms with Crippen molar-refractivity contribution in [2.75, 3.05) is 13.2 Å². The Kier molecular flexibility index (Phi) is 6.07. The number of ether oxygens (including phenoxy) is 2. The Balaban J connectivity index is 0.00000225. The van der Waals surface area contributed by atoms with Crippen LogP contribution >= 0.6 is 12.4 Å². The minimum atomic E-state index is -0.500. The van der Waals surface area contributed by atoms with Gasteiger partial charge in [0, 0.05) is 13.2 Å². The first-order valence-electron chi connectivity index (χ1n) is 5.25. The maximum absolute atomic E-state index is 11.6. The summed E-state index contributed by atoms with van der Waals surface area (Å²) < 4.78 is 10.4. The normalized spacial score (nSPS) is 17.5. The van der Waals surface area contributed by atoms with Gasteiger partial charge in [0.1, 0.15) is 5.60 Å². The van der Waals surface area contributed by atoms with E-state index in [4.69, 9.17) is 15.3 Å². The third-order valence-corrected chi connectivity index (χ3v) is 2.19. The molecule has 1 amide bonds. The summed E-state index contributed by atoms with van der Waals surface area (Å²) in [5.74, 6) is 5.70. The Morgan fingerprint density at radius 3 is 2.31 bits per heavy atom. The van der Waals surface area contributed by atoms with Crippen LogP contribution in [0.4, 0.5) is 4.79 Å². The number of hydrogen-bond acceptors (Lipinski definition) is 4. The summed E-state index contributed by atoms with van der Waals surface area (Å²) in [5, 5.41) is 1.19. The highest BCUT2D eigenvalue weighted by atomic mass is 35.5. The average molecular weight is 253 g/mol. The quantitative estimate of drug-likeness (QED) is 0.438. The highest BCUT2D eigenvalue weighted by Crippen LogP contribution is 2.15.